The van der Waals surface area contributed by atoms with Gasteiger partial charge in [-0.05, 0) is 22.5 Å². The van der Waals surface area contributed by atoms with Crippen LogP contribution in [0.3, 0.4) is 0 Å². The molecule has 0 fully saturated rings. The van der Waals surface area contributed by atoms with Crippen LogP contribution in [0.25, 0.3) is 0 Å². The first-order valence-electron chi connectivity index (χ1n) is 4.69. The molecule has 0 N–H and O–H groups in total. The first-order chi connectivity index (χ1) is 7.70. The van der Waals surface area contributed by atoms with Gasteiger partial charge in [0.25, 0.3) is 0 Å². The van der Waals surface area contributed by atoms with Crippen LogP contribution in [0.2, 0.25) is 0 Å². The van der Waals surface area contributed by atoms with Gasteiger partial charge in [0.2, 0.25) is 6.85 Å². The third kappa shape index (κ3) is 10.7. The van der Waals surface area contributed by atoms with Crippen LogP contribution in [0.1, 0.15) is 6.42 Å². The summed E-state index contributed by atoms with van der Waals surface area (Å²) in [7, 11) is 0. The zero-order chi connectivity index (χ0) is 12.2. The Bertz CT molecular complexity index is 219. The minimum atomic E-state index is -1.47. The van der Waals surface area contributed by atoms with E-state index in [0.29, 0.717) is 32.8 Å². The van der Waals surface area contributed by atoms with Gasteiger partial charge in [-0.3, -0.25) is 0 Å². The van der Waals surface area contributed by atoms with Crippen molar-refractivity contribution >= 4 is 29.3 Å². The monoisotopic (exact) mass is 284 g/mol. The number of ether oxygens (including phenoxy) is 2. The van der Waals surface area contributed by atoms with Crippen molar-refractivity contribution in [2.24, 2.45) is 0 Å². The summed E-state index contributed by atoms with van der Waals surface area (Å²) in [5.41, 5.74) is 0. The van der Waals surface area contributed by atoms with Gasteiger partial charge >= 0.3 is 0 Å². The van der Waals surface area contributed by atoms with E-state index < -0.39 is 6.85 Å². The molecule has 0 rings (SSSR count). The maximum Gasteiger partial charge on any atom is 0.225 e. The van der Waals surface area contributed by atoms with Gasteiger partial charge in [0.05, 0.1) is 26.4 Å². The van der Waals surface area contributed by atoms with Gasteiger partial charge in [-0.15, -0.1) is 18.9 Å². The lowest BCUT2D eigenvalue weighted by molar-refractivity contribution is 0.00853. The quantitative estimate of drug-likeness (QED) is 0.267. The number of hydrogen-bond donors (Lipinski definition) is 0. The predicted molar refractivity (Wildman–Crippen MR) is 68.8 cm³/mol. The molecule has 0 aromatic rings. The Kier molecular flexibility index (Phi) is 11.8. The average molecular weight is 285 g/mol. The van der Waals surface area contributed by atoms with Crippen LogP contribution < -0.4 is 0 Å². The van der Waals surface area contributed by atoms with E-state index in [1.165, 1.54) is 0 Å². The van der Waals surface area contributed by atoms with E-state index in [1.54, 1.807) is 6.08 Å². The number of hydrogen-bond acceptors (Lipinski definition) is 3. The smallest absolute Gasteiger partial charge is 0.225 e. The Morgan fingerprint density at radius 3 is 2.62 bits per heavy atom. The van der Waals surface area contributed by atoms with E-state index in [2.05, 4.69) is 12.5 Å². The van der Waals surface area contributed by atoms with Crippen LogP contribution in [0.15, 0.2) is 12.7 Å². The standard InChI is InChI=1S/C10H15Cl2O3P/c1-3-5-7-14-9-10(15-16(11)12)8-13-6-4-2/h1,4,10H,2,5-9H2. The molecule has 0 aromatic carbocycles. The molecule has 16 heavy (non-hydrogen) atoms. The molecule has 0 aliphatic rings. The van der Waals surface area contributed by atoms with Gasteiger partial charge in [0, 0.05) is 6.42 Å². The fourth-order valence-corrected chi connectivity index (χ4v) is 1.87. The second-order valence-corrected chi connectivity index (χ2v) is 5.76. The van der Waals surface area contributed by atoms with Crippen molar-refractivity contribution in [3.63, 3.8) is 0 Å². The minimum Gasteiger partial charge on any atom is -0.378 e. The Labute approximate surface area is 107 Å². The van der Waals surface area contributed by atoms with Gasteiger partial charge in [-0.2, -0.15) is 0 Å². The molecule has 6 heteroatoms. The normalized spacial score (nSPS) is 12.4. The fraction of sp³-hybridized carbons (Fsp3) is 0.600. The maximum absolute atomic E-state index is 5.57. The zero-order valence-corrected chi connectivity index (χ0v) is 11.3. The van der Waals surface area contributed by atoms with E-state index in [1.807, 2.05) is 0 Å². The van der Waals surface area contributed by atoms with E-state index in [4.69, 9.17) is 42.9 Å². The van der Waals surface area contributed by atoms with Crippen LogP contribution >= 0.6 is 29.3 Å². The van der Waals surface area contributed by atoms with E-state index >= 15 is 0 Å². The second-order valence-electron chi connectivity index (χ2n) is 2.78. The molecular weight excluding hydrogens is 270 g/mol. The summed E-state index contributed by atoms with van der Waals surface area (Å²) in [5, 5.41) is 0. The Morgan fingerprint density at radius 2 is 2.06 bits per heavy atom. The lowest BCUT2D eigenvalue weighted by atomic mass is 10.4. The van der Waals surface area contributed by atoms with Crippen molar-refractivity contribution in [3.8, 4) is 12.3 Å². The molecule has 0 aromatic heterocycles. The summed E-state index contributed by atoms with van der Waals surface area (Å²) in [6, 6.07) is 0. The van der Waals surface area contributed by atoms with Gasteiger partial charge in [0.1, 0.15) is 6.10 Å². The summed E-state index contributed by atoms with van der Waals surface area (Å²) >= 11 is 11.1. The maximum atomic E-state index is 5.57. The molecule has 0 spiro atoms. The third-order valence-electron chi connectivity index (χ3n) is 1.46. The van der Waals surface area contributed by atoms with E-state index in [0.717, 1.165) is 0 Å². The van der Waals surface area contributed by atoms with Crippen LogP contribution in [0, 0.1) is 12.3 Å². The molecule has 3 nitrogen and oxygen atoms in total. The molecule has 0 saturated carbocycles. The van der Waals surface area contributed by atoms with Crippen molar-refractivity contribution in [1.29, 1.82) is 0 Å². The predicted octanol–water partition coefficient (Wildman–Crippen LogP) is 3.32. The average Bonchev–Trinajstić information content (AvgIpc) is 2.23. The molecule has 0 heterocycles. The van der Waals surface area contributed by atoms with Crippen LogP contribution in [0.5, 0.6) is 0 Å². The highest BCUT2D eigenvalue weighted by atomic mass is 35.9. The summed E-state index contributed by atoms with van der Waals surface area (Å²) in [5.74, 6) is 2.48. The molecule has 0 bridgehead atoms. The second kappa shape index (κ2) is 11.7. The molecule has 0 saturated heterocycles. The Hall–Kier alpha value is 0.190. The first-order valence-corrected chi connectivity index (χ1v) is 7.76. The highest BCUT2D eigenvalue weighted by Crippen LogP contribution is 2.48. The van der Waals surface area contributed by atoms with Crippen molar-refractivity contribution < 1.29 is 14.0 Å². The Morgan fingerprint density at radius 1 is 1.38 bits per heavy atom. The zero-order valence-electron chi connectivity index (χ0n) is 8.90. The summed E-state index contributed by atoms with van der Waals surface area (Å²) in [6.07, 6.45) is 7.03. The number of halogens is 2. The molecule has 92 valence electrons. The fourth-order valence-electron chi connectivity index (χ4n) is 0.850. The van der Waals surface area contributed by atoms with Gasteiger partial charge < -0.3 is 14.0 Å². The first kappa shape index (κ1) is 16.2. The molecule has 0 radical (unpaired) electrons. The summed E-state index contributed by atoms with van der Waals surface area (Å²) < 4.78 is 15.8. The molecule has 0 amide bonds. The number of terminal acetylenes is 1. The van der Waals surface area contributed by atoms with Crippen LogP contribution in [-0.2, 0) is 14.0 Å². The largest absolute Gasteiger partial charge is 0.378 e. The van der Waals surface area contributed by atoms with Gasteiger partial charge in [0.15, 0.2) is 0 Å². The minimum absolute atomic E-state index is 0.279. The lowest BCUT2D eigenvalue weighted by Crippen LogP contribution is -2.23. The SMILES string of the molecule is C#CCCOCC(COCC=C)OP(Cl)Cl. The third-order valence-corrected chi connectivity index (χ3v) is 2.40. The van der Waals surface area contributed by atoms with Gasteiger partial charge in [-0.1, -0.05) is 6.08 Å². The summed E-state index contributed by atoms with van der Waals surface area (Å²) in [6.45, 7) is 3.73. The van der Waals surface area contributed by atoms with Crippen LogP contribution in [0.4, 0.5) is 0 Å². The van der Waals surface area contributed by atoms with Crippen molar-refractivity contribution in [3.05, 3.63) is 12.7 Å². The number of rotatable bonds is 10. The molecule has 0 aliphatic carbocycles. The molecule has 0 aliphatic heterocycles. The molecular formula is C10H15Cl2O3P. The topological polar surface area (TPSA) is 27.7 Å². The van der Waals surface area contributed by atoms with Gasteiger partial charge in [-0.25, -0.2) is 0 Å². The van der Waals surface area contributed by atoms with Crippen molar-refractivity contribution in [1.82, 2.24) is 0 Å². The van der Waals surface area contributed by atoms with E-state index in [9.17, 15) is 0 Å². The van der Waals surface area contributed by atoms with E-state index in [-0.39, 0.29) is 6.10 Å². The highest BCUT2D eigenvalue weighted by molar-refractivity contribution is 8.00. The summed E-state index contributed by atoms with van der Waals surface area (Å²) in [4.78, 5) is 0. The van der Waals surface area contributed by atoms with Crippen LogP contribution in [-0.4, -0.2) is 32.5 Å². The Balaban J connectivity index is 3.72. The lowest BCUT2D eigenvalue weighted by Gasteiger charge is -2.17. The highest BCUT2D eigenvalue weighted by Gasteiger charge is 2.14. The van der Waals surface area contributed by atoms with Crippen molar-refractivity contribution in [2.75, 3.05) is 26.4 Å². The molecule has 1 atom stereocenters. The van der Waals surface area contributed by atoms with Crippen molar-refractivity contribution in [2.45, 2.75) is 12.5 Å². The molecule has 1 unspecified atom stereocenters.